The molecule has 1 unspecified atom stereocenters. The molecule has 0 aromatic heterocycles. The van der Waals surface area contributed by atoms with Crippen LogP contribution in [-0.4, -0.2) is 46.7 Å². The van der Waals surface area contributed by atoms with Crippen molar-refractivity contribution in [2.45, 2.75) is 227 Å². The number of aliphatic hydroxyl groups is 1. The van der Waals surface area contributed by atoms with E-state index in [1.54, 1.807) is 0 Å². The lowest BCUT2D eigenvalue weighted by Crippen LogP contribution is -2.57. The molecule has 1 aliphatic heterocycles. The van der Waals surface area contributed by atoms with E-state index < -0.39 is 12.1 Å². The van der Waals surface area contributed by atoms with Gasteiger partial charge in [-0.2, -0.15) is 0 Å². The number of hydrogen-bond donors (Lipinski definition) is 1. The van der Waals surface area contributed by atoms with Crippen LogP contribution in [0.2, 0.25) is 0 Å². The van der Waals surface area contributed by atoms with E-state index in [0.717, 1.165) is 49.4 Å². The number of hydrogen-bond acceptors (Lipinski definition) is 4. The van der Waals surface area contributed by atoms with Gasteiger partial charge in [-0.05, 0) is 98.7 Å². The minimum Gasteiger partial charge on any atom is -0.460 e. The maximum atomic E-state index is 14.1. The third kappa shape index (κ3) is 10.3. The highest BCUT2D eigenvalue weighted by Crippen LogP contribution is 2.67. The van der Waals surface area contributed by atoms with Gasteiger partial charge in [-0.25, -0.2) is 4.79 Å². The normalized spacial score (nSPS) is 34.4. The molecule has 53 heavy (non-hydrogen) atoms. The zero-order chi connectivity index (χ0) is 38.0. The lowest BCUT2D eigenvalue weighted by atomic mass is 9.46. The van der Waals surface area contributed by atoms with E-state index in [4.69, 9.17) is 4.74 Å². The molecule has 5 nitrogen and oxygen atoms in total. The second-order valence-electron chi connectivity index (χ2n) is 19.9. The van der Waals surface area contributed by atoms with Crippen LogP contribution in [0.15, 0.2) is 11.6 Å². The van der Waals surface area contributed by atoms with Gasteiger partial charge in [-0.3, -0.25) is 4.79 Å². The molecular weight excluding hydrogens is 655 g/mol. The standard InChI is InChI=1S/C48H83NO4/c1-7-8-9-10-11-12-13-14-15-16-17-18-19-25-45(51)49-32-21-24-43(49)46(52)53-44-34-38(50)33-37-26-27-39-41-29-28-40(36(4)23-20-22-35(2)3)47(41,5)31-30-42(39)48(37,44)6/h26,35-36,38-44,50H,7-25,27-34H2,1-6H3/t36-,38-,39+,40-,41+,42+,43+,44?,47-,48+/m1/s1. The van der Waals surface area contributed by atoms with Gasteiger partial charge >= 0.3 is 5.97 Å². The van der Waals surface area contributed by atoms with Gasteiger partial charge in [0, 0.05) is 24.8 Å². The molecule has 5 rings (SSSR count). The summed E-state index contributed by atoms with van der Waals surface area (Å²) in [4.78, 5) is 29.4. The van der Waals surface area contributed by atoms with Crippen molar-refractivity contribution in [3.63, 3.8) is 0 Å². The summed E-state index contributed by atoms with van der Waals surface area (Å²) in [6, 6.07) is -0.471. The first kappa shape index (κ1) is 42.8. The fraction of sp³-hybridized carbons (Fsp3) is 0.917. The summed E-state index contributed by atoms with van der Waals surface area (Å²) in [5.74, 6) is 4.12. The van der Waals surface area contributed by atoms with Crippen LogP contribution in [0.3, 0.4) is 0 Å². The Balaban J connectivity index is 1.11. The van der Waals surface area contributed by atoms with Crippen LogP contribution in [0.5, 0.6) is 0 Å². The van der Waals surface area contributed by atoms with Gasteiger partial charge in [0.05, 0.1) is 6.10 Å². The molecule has 1 saturated heterocycles. The average Bonchev–Trinajstić information content (AvgIpc) is 3.76. The predicted octanol–water partition coefficient (Wildman–Crippen LogP) is 12.4. The SMILES string of the molecule is CCCCCCCCCCCCCCCC(=O)N1CCC[C@H]1C(=O)OC1C[C@H](O)CC2=CC[C@H]3[C@@H]4CC[C@H]([C@H](C)CCCC(C)C)[C@@]4(C)CC[C@@H]3[C@]21C. The lowest BCUT2D eigenvalue weighted by molar-refractivity contribution is -0.175. The fourth-order valence-corrected chi connectivity index (χ4v) is 12.8. The zero-order valence-electron chi connectivity index (χ0n) is 35.5. The first-order chi connectivity index (χ1) is 25.5. The smallest absolute Gasteiger partial charge is 0.329 e. The number of carbonyl (C=O) groups excluding carboxylic acids is 2. The number of ether oxygens (including phenoxy) is 1. The van der Waals surface area contributed by atoms with Gasteiger partial charge in [0.1, 0.15) is 12.1 Å². The summed E-state index contributed by atoms with van der Waals surface area (Å²) >= 11 is 0. The number of carbonyl (C=O) groups is 2. The number of esters is 1. The Morgan fingerprint density at radius 1 is 0.849 bits per heavy atom. The van der Waals surface area contributed by atoms with Crippen LogP contribution in [0, 0.1) is 46.3 Å². The molecule has 4 fully saturated rings. The maximum absolute atomic E-state index is 14.1. The van der Waals surface area contributed by atoms with Crippen LogP contribution in [0.4, 0.5) is 0 Å². The number of rotatable bonds is 21. The molecule has 304 valence electrons. The molecule has 0 aromatic rings. The van der Waals surface area contributed by atoms with Gasteiger partial charge in [-0.1, -0.05) is 150 Å². The molecule has 0 bridgehead atoms. The van der Waals surface area contributed by atoms with Gasteiger partial charge in [-0.15, -0.1) is 0 Å². The molecule has 1 heterocycles. The second-order valence-corrected chi connectivity index (χ2v) is 19.9. The highest BCUT2D eigenvalue weighted by atomic mass is 16.5. The predicted molar refractivity (Wildman–Crippen MR) is 219 cm³/mol. The van der Waals surface area contributed by atoms with E-state index in [9.17, 15) is 14.7 Å². The van der Waals surface area contributed by atoms with Crippen LogP contribution in [0.25, 0.3) is 0 Å². The van der Waals surface area contributed by atoms with Crippen LogP contribution in [0.1, 0.15) is 208 Å². The van der Waals surface area contributed by atoms with E-state index in [1.165, 1.54) is 121 Å². The Kier molecular flexibility index (Phi) is 16.3. The minimum absolute atomic E-state index is 0.126. The molecular formula is C48H83NO4. The summed E-state index contributed by atoms with van der Waals surface area (Å²) in [5, 5.41) is 11.1. The molecule has 4 aliphatic carbocycles. The van der Waals surface area contributed by atoms with Crippen LogP contribution in [-0.2, 0) is 14.3 Å². The van der Waals surface area contributed by atoms with Gasteiger partial charge in [0.2, 0.25) is 5.91 Å². The first-order valence-corrected chi connectivity index (χ1v) is 23.4. The summed E-state index contributed by atoms with van der Waals surface area (Å²) in [5.41, 5.74) is 1.50. The highest BCUT2D eigenvalue weighted by molar-refractivity contribution is 5.85. The first-order valence-electron chi connectivity index (χ1n) is 23.4. The number of fused-ring (bicyclic) bond motifs is 5. The molecule has 5 heteroatoms. The zero-order valence-corrected chi connectivity index (χ0v) is 35.5. The van der Waals surface area contributed by atoms with E-state index in [2.05, 4.69) is 47.6 Å². The molecule has 0 spiro atoms. The topological polar surface area (TPSA) is 66.8 Å². The quantitative estimate of drug-likeness (QED) is 0.0723. The van der Waals surface area contributed by atoms with E-state index in [-0.39, 0.29) is 23.4 Å². The van der Waals surface area contributed by atoms with Gasteiger partial charge in [0.15, 0.2) is 0 Å². The third-order valence-corrected chi connectivity index (χ3v) is 15.9. The number of amides is 1. The van der Waals surface area contributed by atoms with Crippen molar-refractivity contribution in [1.82, 2.24) is 4.90 Å². The largest absolute Gasteiger partial charge is 0.460 e. The molecule has 0 radical (unpaired) electrons. The van der Waals surface area contributed by atoms with E-state index >= 15 is 0 Å². The van der Waals surface area contributed by atoms with Gasteiger partial charge in [0.25, 0.3) is 0 Å². The molecule has 10 atom stereocenters. The maximum Gasteiger partial charge on any atom is 0.329 e. The summed E-state index contributed by atoms with van der Waals surface area (Å²) in [6.07, 6.45) is 32.1. The number of likely N-dealkylation sites (tertiary alicyclic amines) is 1. The Morgan fingerprint density at radius 3 is 2.17 bits per heavy atom. The Hall–Kier alpha value is -1.36. The third-order valence-electron chi connectivity index (χ3n) is 15.9. The molecule has 0 aromatic carbocycles. The molecule has 5 aliphatic rings. The number of allylic oxidation sites excluding steroid dienone is 1. The van der Waals surface area contributed by atoms with Crippen molar-refractivity contribution in [1.29, 1.82) is 0 Å². The molecule has 1 amide bonds. The Bertz CT molecular complexity index is 1180. The Morgan fingerprint density at radius 2 is 1.51 bits per heavy atom. The van der Waals surface area contributed by atoms with Crippen molar-refractivity contribution in [3.8, 4) is 0 Å². The van der Waals surface area contributed by atoms with E-state index in [0.29, 0.717) is 49.5 Å². The van der Waals surface area contributed by atoms with Crippen LogP contribution < -0.4 is 0 Å². The average molecular weight is 738 g/mol. The number of nitrogens with zero attached hydrogens (tertiary/aromatic N) is 1. The summed E-state index contributed by atoms with van der Waals surface area (Å²) < 4.78 is 6.60. The lowest BCUT2D eigenvalue weighted by Gasteiger charge is -2.60. The van der Waals surface area contributed by atoms with Crippen molar-refractivity contribution in [3.05, 3.63) is 11.6 Å². The molecule has 3 saturated carbocycles. The Labute approximate surface area is 326 Å². The highest BCUT2D eigenvalue weighted by Gasteiger charge is 2.62. The van der Waals surface area contributed by atoms with Crippen molar-refractivity contribution in [2.75, 3.05) is 6.54 Å². The van der Waals surface area contributed by atoms with E-state index in [1.807, 2.05) is 4.90 Å². The molecule has 1 N–H and O–H groups in total. The van der Waals surface area contributed by atoms with Crippen LogP contribution >= 0.6 is 0 Å². The van der Waals surface area contributed by atoms with Crippen molar-refractivity contribution < 1.29 is 19.4 Å². The second kappa shape index (κ2) is 20.2. The number of aliphatic hydroxyl groups excluding tert-OH is 1. The van der Waals surface area contributed by atoms with Gasteiger partial charge < -0.3 is 14.7 Å². The van der Waals surface area contributed by atoms with Crippen molar-refractivity contribution in [2.24, 2.45) is 46.3 Å². The summed E-state index contributed by atoms with van der Waals surface area (Å²) in [7, 11) is 0. The fourth-order valence-electron chi connectivity index (χ4n) is 12.8. The monoisotopic (exact) mass is 738 g/mol. The van der Waals surface area contributed by atoms with Crippen molar-refractivity contribution >= 4 is 11.9 Å². The number of unbranched alkanes of at least 4 members (excludes halogenated alkanes) is 12. The minimum atomic E-state index is -0.475. The summed E-state index contributed by atoms with van der Waals surface area (Å²) in [6.45, 7) is 15.2.